The number of benzene rings is 1. The molecule has 3 rings (SSSR count). The van der Waals surface area contributed by atoms with E-state index in [0.29, 0.717) is 23.6 Å². The number of hydrogen-bond donors (Lipinski definition) is 0. The maximum Gasteiger partial charge on any atom is 0.262 e. The normalized spacial score (nSPS) is 23.5. The lowest BCUT2D eigenvalue weighted by molar-refractivity contribution is 0.173. The molecule has 3 atom stereocenters. The Kier molecular flexibility index (Phi) is 5.80. The number of aromatic nitrogens is 2. The van der Waals surface area contributed by atoms with Crippen molar-refractivity contribution >= 4 is 22.7 Å². The number of nitriles is 1. The van der Waals surface area contributed by atoms with Gasteiger partial charge in [0.1, 0.15) is 0 Å². The van der Waals surface area contributed by atoms with Gasteiger partial charge in [0.2, 0.25) is 0 Å². The minimum Gasteiger partial charge on any atom is -0.284 e. The van der Waals surface area contributed by atoms with E-state index in [1.807, 2.05) is 28.8 Å². The fourth-order valence-electron chi connectivity index (χ4n) is 3.75. The van der Waals surface area contributed by atoms with Crippen molar-refractivity contribution in [1.29, 1.82) is 5.26 Å². The SMILES string of the molecule is C[C@H]1[C@H](n2c(SCCCC#N)nc3ccccc3c2=O)CCC[C@@H]1C. The first-order valence-corrected chi connectivity index (χ1v) is 10.1. The molecular formula is C20H25N3OS. The molecule has 132 valence electrons. The molecular weight excluding hydrogens is 330 g/mol. The van der Waals surface area contributed by atoms with Crippen LogP contribution in [0.5, 0.6) is 0 Å². The van der Waals surface area contributed by atoms with Gasteiger partial charge < -0.3 is 0 Å². The highest BCUT2D eigenvalue weighted by molar-refractivity contribution is 7.99. The molecule has 1 aromatic heterocycles. The molecule has 0 N–H and O–H groups in total. The standard InChI is InChI=1S/C20H25N3OS/c1-14-8-7-11-18(15(14)2)23-19(24)16-9-3-4-10-17(16)22-20(23)25-13-6-5-12-21/h3-4,9-10,14-15,18H,5-8,11,13H2,1-2H3/t14-,15+,18+/m0/s1. The van der Waals surface area contributed by atoms with Gasteiger partial charge in [-0.25, -0.2) is 4.98 Å². The van der Waals surface area contributed by atoms with Crippen molar-refractivity contribution in [3.05, 3.63) is 34.6 Å². The number of hydrogen-bond acceptors (Lipinski definition) is 4. The molecule has 1 saturated carbocycles. The third-order valence-corrected chi connectivity index (χ3v) is 6.47. The first kappa shape index (κ1) is 18.0. The predicted molar refractivity (Wildman–Crippen MR) is 103 cm³/mol. The van der Waals surface area contributed by atoms with Gasteiger partial charge in [0.05, 0.1) is 17.0 Å². The van der Waals surface area contributed by atoms with Crippen LogP contribution in [-0.2, 0) is 0 Å². The molecule has 5 heteroatoms. The Labute approximate surface area is 153 Å². The van der Waals surface area contributed by atoms with E-state index in [9.17, 15) is 4.79 Å². The van der Waals surface area contributed by atoms with Gasteiger partial charge in [-0.2, -0.15) is 5.26 Å². The van der Waals surface area contributed by atoms with Crippen molar-refractivity contribution in [1.82, 2.24) is 9.55 Å². The average molecular weight is 356 g/mol. The van der Waals surface area contributed by atoms with Crippen LogP contribution in [0.25, 0.3) is 10.9 Å². The molecule has 0 unspecified atom stereocenters. The number of nitrogens with zero attached hydrogens (tertiary/aromatic N) is 3. The molecule has 25 heavy (non-hydrogen) atoms. The molecule has 2 aromatic rings. The number of unbranched alkanes of at least 4 members (excludes halogenated alkanes) is 1. The molecule has 1 aromatic carbocycles. The van der Waals surface area contributed by atoms with Gasteiger partial charge in [-0.05, 0) is 36.8 Å². The zero-order valence-corrected chi connectivity index (χ0v) is 15.8. The van der Waals surface area contributed by atoms with Crippen molar-refractivity contribution in [2.24, 2.45) is 11.8 Å². The molecule has 1 fully saturated rings. The second-order valence-electron chi connectivity index (χ2n) is 7.03. The second kappa shape index (κ2) is 8.05. The lowest BCUT2D eigenvalue weighted by Crippen LogP contribution is -2.35. The summed E-state index contributed by atoms with van der Waals surface area (Å²) in [5.74, 6) is 1.90. The molecule has 0 bridgehead atoms. The molecule has 4 nitrogen and oxygen atoms in total. The van der Waals surface area contributed by atoms with E-state index in [0.717, 1.165) is 35.7 Å². The van der Waals surface area contributed by atoms with E-state index in [1.54, 1.807) is 11.8 Å². The maximum atomic E-state index is 13.2. The quantitative estimate of drug-likeness (QED) is 0.439. The summed E-state index contributed by atoms with van der Waals surface area (Å²) in [5, 5.41) is 10.3. The first-order valence-electron chi connectivity index (χ1n) is 9.14. The van der Waals surface area contributed by atoms with Crippen LogP contribution < -0.4 is 5.56 Å². The highest BCUT2D eigenvalue weighted by Gasteiger charge is 2.31. The Hall–Kier alpha value is -1.80. The van der Waals surface area contributed by atoms with Crippen LogP contribution in [0.3, 0.4) is 0 Å². The Balaban J connectivity index is 2.05. The molecule has 1 aliphatic carbocycles. The largest absolute Gasteiger partial charge is 0.284 e. The molecule has 1 heterocycles. The summed E-state index contributed by atoms with van der Waals surface area (Å²) in [7, 11) is 0. The van der Waals surface area contributed by atoms with Crippen LogP contribution in [0, 0.1) is 23.2 Å². The predicted octanol–water partition coefficient (Wildman–Crippen LogP) is 4.79. The summed E-state index contributed by atoms with van der Waals surface area (Å²) >= 11 is 1.61. The highest BCUT2D eigenvalue weighted by Crippen LogP contribution is 2.38. The number of rotatable bonds is 5. The maximum absolute atomic E-state index is 13.2. The van der Waals surface area contributed by atoms with Crippen LogP contribution in [0.1, 0.15) is 52.0 Å². The smallest absolute Gasteiger partial charge is 0.262 e. The summed E-state index contributed by atoms with van der Waals surface area (Å²) < 4.78 is 1.96. The van der Waals surface area contributed by atoms with Gasteiger partial charge in [-0.15, -0.1) is 0 Å². The summed E-state index contributed by atoms with van der Waals surface area (Å²) in [6.45, 7) is 4.55. The van der Waals surface area contributed by atoms with Gasteiger partial charge in [-0.3, -0.25) is 9.36 Å². The van der Waals surface area contributed by atoms with Crippen molar-refractivity contribution in [3.8, 4) is 6.07 Å². The van der Waals surface area contributed by atoms with Gasteiger partial charge in [-0.1, -0.05) is 50.6 Å². The fraction of sp³-hybridized carbons (Fsp3) is 0.550. The second-order valence-corrected chi connectivity index (χ2v) is 8.09. The van der Waals surface area contributed by atoms with E-state index in [4.69, 9.17) is 10.2 Å². The van der Waals surface area contributed by atoms with Crippen LogP contribution in [0.2, 0.25) is 0 Å². The number of para-hydroxylation sites is 1. The number of thioether (sulfide) groups is 1. The highest BCUT2D eigenvalue weighted by atomic mass is 32.2. The third-order valence-electron chi connectivity index (χ3n) is 5.44. The molecule has 0 aliphatic heterocycles. The summed E-state index contributed by atoms with van der Waals surface area (Å²) in [6, 6.07) is 10.0. The minimum atomic E-state index is 0.0827. The molecule has 1 aliphatic rings. The summed E-state index contributed by atoms with van der Waals surface area (Å²) in [6.07, 6.45) is 4.80. The Morgan fingerprint density at radius 1 is 1.32 bits per heavy atom. The topological polar surface area (TPSA) is 58.7 Å². The lowest BCUT2D eigenvalue weighted by Gasteiger charge is -2.36. The van der Waals surface area contributed by atoms with E-state index < -0.39 is 0 Å². The average Bonchev–Trinajstić information content (AvgIpc) is 2.62. The van der Waals surface area contributed by atoms with Crippen molar-refractivity contribution in [2.75, 3.05) is 5.75 Å². The molecule has 0 spiro atoms. The summed E-state index contributed by atoms with van der Waals surface area (Å²) in [5.41, 5.74) is 0.849. The first-order chi connectivity index (χ1) is 12.1. The Bertz CT molecular complexity index is 839. The third kappa shape index (κ3) is 3.74. The van der Waals surface area contributed by atoms with Crippen LogP contribution >= 0.6 is 11.8 Å². The van der Waals surface area contributed by atoms with E-state index in [-0.39, 0.29) is 11.6 Å². The van der Waals surface area contributed by atoms with E-state index >= 15 is 0 Å². The van der Waals surface area contributed by atoms with Crippen LogP contribution in [0.15, 0.2) is 34.2 Å². The van der Waals surface area contributed by atoms with E-state index in [1.165, 1.54) is 6.42 Å². The minimum absolute atomic E-state index is 0.0827. The Morgan fingerprint density at radius 3 is 2.92 bits per heavy atom. The van der Waals surface area contributed by atoms with E-state index in [2.05, 4.69) is 19.9 Å². The molecule has 0 amide bonds. The molecule has 0 saturated heterocycles. The Morgan fingerprint density at radius 2 is 2.12 bits per heavy atom. The van der Waals surface area contributed by atoms with Gasteiger partial charge in [0.15, 0.2) is 5.16 Å². The van der Waals surface area contributed by atoms with Crippen molar-refractivity contribution in [2.45, 2.75) is 57.1 Å². The van der Waals surface area contributed by atoms with Crippen molar-refractivity contribution in [3.63, 3.8) is 0 Å². The fourth-order valence-corrected chi connectivity index (χ4v) is 4.74. The van der Waals surface area contributed by atoms with Crippen LogP contribution in [0.4, 0.5) is 0 Å². The van der Waals surface area contributed by atoms with Gasteiger partial charge in [0.25, 0.3) is 5.56 Å². The van der Waals surface area contributed by atoms with Crippen LogP contribution in [-0.4, -0.2) is 15.3 Å². The monoisotopic (exact) mass is 355 g/mol. The lowest BCUT2D eigenvalue weighted by atomic mass is 9.78. The van der Waals surface area contributed by atoms with Gasteiger partial charge in [0, 0.05) is 18.2 Å². The number of fused-ring (bicyclic) bond motifs is 1. The van der Waals surface area contributed by atoms with Crippen molar-refractivity contribution < 1.29 is 0 Å². The van der Waals surface area contributed by atoms with Gasteiger partial charge >= 0.3 is 0 Å². The summed E-state index contributed by atoms with van der Waals surface area (Å²) in [4.78, 5) is 18.1. The molecule has 0 radical (unpaired) electrons. The zero-order valence-electron chi connectivity index (χ0n) is 14.9. The zero-order chi connectivity index (χ0) is 17.8.